The summed E-state index contributed by atoms with van der Waals surface area (Å²) in [7, 11) is 0.902. The Bertz CT molecular complexity index is 2020. The number of rotatable bonds is 9. The van der Waals surface area contributed by atoms with Gasteiger partial charge in [0.1, 0.15) is 0 Å². The van der Waals surface area contributed by atoms with E-state index in [0.29, 0.717) is 17.6 Å². The highest BCUT2D eigenvalue weighted by molar-refractivity contribution is 7.62. The van der Waals surface area contributed by atoms with E-state index in [-0.39, 0.29) is 0 Å². The largest absolute Gasteiger partial charge is 0.351 e. The molecule has 0 radical (unpaired) electrons. The van der Waals surface area contributed by atoms with Crippen LogP contribution in [0.25, 0.3) is 33.9 Å². The molecule has 6 nitrogen and oxygen atoms in total. The molecule has 8 heteroatoms. The van der Waals surface area contributed by atoms with Crippen LogP contribution < -0.4 is 20.6 Å². The van der Waals surface area contributed by atoms with Crippen molar-refractivity contribution in [3.63, 3.8) is 0 Å². The molecular formula is C39H31N5OP2. The van der Waals surface area contributed by atoms with Gasteiger partial charge in [0, 0.05) is 22.1 Å². The zero-order valence-electron chi connectivity index (χ0n) is 25.3. The summed E-state index contributed by atoms with van der Waals surface area (Å²) >= 11 is 0. The minimum absolute atomic E-state index is 0.404. The van der Waals surface area contributed by atoms with Crippen LogP contribution in [-0.4, -0.2) is 19.8 Å². The molecule has 0 amide bonds. The number of anilines is 4. The number of hydrogen-bond acceptors (Lipinski definition) is 6. The van der Waals surface area contributed by atoms with Gasteiger partial charge in [-0.3, -0.25) is 4.67 Å². The monoisotopic (exact) mass is 647 g/mol. The Morgan fingerprint density at radius 3 is 1.57 bits per heavy atom. The van der Waals surface area contributed by atoms with Crippen LogP contribution in [0, 0.1) is 0 Å². The van der Waals surface area contributed by atoms with E-state index in [2.05, 4.69) is 51.0 Å². The molecule has 2 unspecified atom stereocenters. The molecule has 0 bridgehead atoms. The maximum atomic E-state index is 12.1. The lowest BCUT2D eigenvalue weighted by Gasteiger charge is -2.31. The van der Waals surface area contributed by atoms with Gasteiger partial charge in [-0.2, -0.15) is 9.97 Å². The van der Waals surface area contributed by atoms with E-state index in [1.54, 1.807) is 0 Å². The van der Waals surface area contributed by atoms with Crippen LogP contribution in [0.3, 0.4) is 0 Å². The molecule has 0 saturated heterocycles. The van der Waals surface area contributed by atoms with Crippen molar-refractivity contribution < 1.29 is 4.89 Å². The fourth-order valence-electron chi connectivity index (χ4n) is 5.25. The molecule has 2 atom stereocenters. The molecule has 1 heterocycles. The fraction of sp³-hybridized carbons (Fsp3) is 0. The van der Waals surface area contributed by atoms with Gasteiger partial charge in [-0.1, -0.05) is 127 Å². The van der Waals surface area contributed by atoms with Crippen LogP contribution in [0.2, 0.25) is 0 Å². The number of para-hydroxylation sites is 3. The predicted molar refractivity (Wildman–Crippen MR) is 199 cm³/mol. The van der Waals surface area contributed by atoms with Crippen LogP contribution in [0.15, 0.2) is 164 Å². The number of benzene rings is 6. The summed E-state index contributed by atoms with van der Waals surface area (Å²) in [6.45, 7) is 0. The van der Waals surface area contributed by atoms with Crippen molar-refractivity contribution >= 4 is 51.2 Å². The van der Waals surface area contributed by atoms with Gasteiger partial charge in [0.2, 0.25) is 5.95 Å². The van der Waals surface area contributed by atoms with Crippen molar-refractivity contribution in [1.82, 2.24) is 15.0 Å². The van der Waals surface area contributed by atoms with E-state index in [4.69, 9.17) is 15.0 Å². The van der Waals surface area contributed by atoms with E-state index in [1.807, 2.05) is 132 Å². The number of nitrogens with one attached hydrogen (secondary N) is 1. The van der Waals surface area contributed by atoms with Crippen molar-refractivity contribution in [2.24, 2.45) is 0 Å². The van der Waals surface area contributed by atoms with Crippen LogP contribution in [0.1, 0.15) is 0 Å². The molecule has 0 fully saturated rings. The molecule has 0 saturated carbocycles. The summed E-state index contributed by atoms with van der Waals surface area (Å²) in [5.74, 6) is 1.54. The third-order valence-corrected chi connectivity index (χ3v) is 9.58. The Kier molecular flexibility index (Phi) is 9.08. The summed E-state index contributed by atoms with van der Waals surface area (Å²) in [6, 6.07) is 54.1. The van der Waals surface area contributed by atoms with Gasteiger partial charge in [-0.05, 0) is 52.8 Å². The summed E-state index contributed by atoms with van der Waals surface area (Å²) < 4.78 is 1.98. The third-order valence-electron chi connectivity index (χ3n) is 7.61. The first-order valence-electron chi connectivity index (χ1n) is 15.2. The standard InChI is InChI=1S/C39H31N5OP2/c45-47(34-26-22-29(23-27-34)28-20-24-33(46)25-21-28)44(32-16-8-3-9-17-32)36-19-11-10-18-35(36)40-39-42-37(30-12-4-1-5-13-30)41-38(43-39)31-14-6-2-7-15-31/h1-27,45H,46H2,(H,40,41,42,43). The van der Waals surface area contributed by atoms with Crippen LogP contribution in [-0.2, 0) is 0 Å². The highest BCUT2D eigenvalue weighted by Gasteiger charge is 2.24. The van der Waals surface area contributed by atoms with Crippen LogP contribution in [0.4, 0.5) is 23.0 Å². The second kappa shape index (κ2) is 14.0. The average molecular weight is 648 g/mol. The zero-order chi connectivity index (χ0) is 32.0. The number of aromatic nitrogens is 3. The highest BCUT2D eigenvalue weighted by atomic mass is 31.2. The van der Waals surface area contributed by atoms with E-state index in [1.165, 1.54) is 0 Å². The van der Waals surface area contributed by atoms with Gasteiger partial charge in [-0.15, -0.1) is 9.24 Å². The van der Waals surface area contributed by atoms with Gasteiger partial charge in [0.25, 0.3) is 0 Å². The van der Waals surface area contributed by atoms with E-state index in [0.717, 1.165) is 49.9 Å². The van der Waals surface area contributed by atoms with Crippen molar-refractivity contribution in [3.8, 4) is 33.9 Å². The molecule has 47 heavy (non-hydrogen) atoms. The van der Waals surface area contributed by atoms with Gasteiger partial charge in [-0.25, -0.2) is 4.98 Å². The lowest BCUT2D eigenvalue weighted by atomic mass is 10.1. The molecule has 0 aliphatic heterocycles. The SMILES string of the molecule is OP(c1ccc(-c2ccc(P)cc2)cc1)N(c1ccccc1)c1ccccc1Nc1nc(-c2ccccc2)nc(-c2ccccc2)n1. The van der Waals surface area contributed by atoms with Crippen molar-refractivity contribution in [2.75, 3.05) is 9.99 Å². The number of nitrogens with zero attached hydrogens (tertiary/aromatic N) is 4. The predicted octanol–water partition coefficient (Wildman–Crippen LogP) is 8.88. The van der Waals surface area contributed by atoms with Gasteiger partial charge in [0.15, 0.2) is 19.9 Å². The Morgan fingerprint density at radius 1 is 0.511 bits per heavy atom. The Morgan fingerprint density at radius 2 is 1.00 bits per heavy atom. The van der Waals surface area contributed by atoms with Crippen LogP contribution >= 0.6 is 17.5 Å². The Balaban J connectivity index is 1.28. The first-order valence-corrected chi connectivity index (χ1v) is 17.0. The van der Waals surface area contributed by atoms with Gasteiger partial charge < -0.3 is 10.2 Å². The molecule has 2 N–H and O–H groups in total. The van der Waals surface area contributed by atoms with Gasteiger partial charge in [0.05, 0.1) is 11.4 Å². The summed E-state index contributed by atoms with van der Waals surface area (Å²) in [6.07, 6.45) is 0. The maximum absolute atomic E-state index is 12.1. The molecule has 6 aromatic carbocycles. The molecular weight excluding hydrogens is 616 g/mol. The number of hydrogen-bond donors (Lipinski definition) is 2. The van der Waals surface area contributed by atoms with E-state index >= 15 is 0 Å². The van der Waals surface area contributed by atoms with Gasteiger partial charge >= 0.3 is 0 Å². The van der Waals surface area contributed by atoms with E-state index < -0.39 is 8.30 Å². The van der Waals surface area contributed by atoms with Crippen LogP contribution in [0.5, 0.6) is 0 Å². The zero-order valence-corrected chi connectivity index (χ0v) is 27.4. The molecule has 0 aliphatic rings. The molecule has 0 spiro atoms. The smallest absolute Gasteiger partial charge is 0.231 e. The molecule has 7 aromatic rings. The summed E-state index contributed by atoms with van der Waals surface area (Å²) in [5.41, 5.74) is 6.39. The Hall–Kier alpha value is -5.25. The average Bonchev–Trinajstić information content (AvgIpc) is 3.14. The first kappa shape index (κ1) is 30.4. The fourth-order valence-corrected chi connectivity index (χ4v) is 6.82. The molecule has 228 valence electrons. The normalized spacial score (nSPS) is 11.5. The first-order chi connectivity index (χ1) is 23.1. The maximum Gasteiger partial charge on any atom is 0.231 e. The molecule has 1 aromatic heterocycles. The lowest BCUT2D eigenvalue weighted by Crippen LogP contribution is -2.18. The lowest BCUT2D eigenvalue weighted by molar-refractivity contribution is 0.634. The van der Waals surface area contributed by atoms with E-state index in [9.17, 15) is 4.89 Å². The minimum Gasteiger partial charge on any atom is -0.351 e. The molecule has 7 rings (SSSR count). The topological polar surface area (TPSA) is 74.2 Å². The minimum atomic E-state index is -1.82. The summed E-state index contributed by atoms with van der Waals surface area (Å²) in [4.78, 5) is 26.6. The summed E-state index contributed by atoms with van der Waals surface area (Å²) in [5, 5.41) is 5.44. The van der Waals surface area contributed by atoms with Crippen molar-refractivity contribution in [1.29, 1.82) is 0 Å². The third kappa shape index (κ3) is 6.96. The quantitative estimate of drug-likeness (QED) is 0.153. The Labute approximate surface area is 278 Å². The van der Waals surface area contributed by atoms with Crippen molar-refractivity contribution in [3.05, 3.63) is 164 Å². The molecule has 0 aliphatic carbocycles. The second-order valence-corrected chi connectivity index (χ2v) is 12.9. The second-order valence-electron chi connectivity index (χ2n) is 10.8. The highest BCUT2D eigenvalue weighted by Crippen LogP contribution is 2.48. The van der Waals surface area contributed by atoms with Crippen molar-refractivity contribution in [2.45, 2.75) is 0 Å².